The van der Waals surface area contributed by atoms with E-state index in [1.165, 1.54) is 0 Å². The van der Waals surface area contributed by atoms with Gasteiger partial charge in [-0.3, -0.25) is 0 Å². The van der Waals surface area contributed by atoms with E-state index in [2.05, 4.69) is 22.3 Å². The van der Waals surface area contributed by atoms with E-state index in [1.807, 2.05) is 6.92 Å². The average Bonchev–Trinajstić information content (AvgIpc) is 1.83. The molecule has 0 saturated carbocycles. The molecule has 0 spiro atoms. The summed E-state index contributed by atoms with van der Waals surface area (Å²) in [5, 5.41) is 0. The number of rotatable bonds is 3. The molecule has 0 radical (unpaired) electrons. The first kappa shape index (κ1) is 7.17. The Bertz CT molecular complexity index is 98.6. The lowest BCUT2D eigenvalue weighted by atomic mass is 10.4. The SMILES string of the molecule is C=C(CC)/N=C\ON. The standard InChI is InChI=1S/C5H10N2O/c1-3-5(2)7-4-8-6/h4H,2-3,6H2,1H3/b7-4-. The zero-order valence-corrected chi connectivity index (χ0v) is 4.92. The van der Waals surface area contributed by atoms with Gasteiger partial charge in [-0.25, -0.2) is 4.99 Å². The number of nitrogens with two attached hydrogens (primary N) is 1. The predicted molar refractivity (Wildman–Crippen MR) is 33.2 cm³/mol. The Morgan fingerprint density at radius 2 is 2.62 bits per heavy atom. The van der Waals surface area contributed by atoms with Crippen LogP contribution in [0, 0.1) is 0 Å². The van der Waals surface area contributed by atoms with Gasteiger partial charge in [0.15, 0.2) is 0 Å². The van der Waals surface area contributed by atoms with Crippen LogP contribution in [-0.2, 0) is 4.84 Å². The quantitative estimate of drug-likeness (QED) is 0.335. The highest BCUT2D eigenvalue weighted by atomic mass is 16.6. The van der Waals surface area contributed by atoms with Crippen LogP contribution in [0.2, 0.25) is 0 Å². The summed E-state index contributed by atoms with van der Waals surface area (Å²) in [5.41, 5.74) is 0.760. The summed E-state index contributed by atoms with van der Waals surface area (Å²) in [7, 11) is 0. The van der Waals surface area contributed by atoms with Crippen molar-refractivity contribution in [2.75, 3.05) is 0 Å². The molecule has 0 aliphatic carbocycles. The topological polar surface area (TPSA) is 47.6 Å². The normalized spacial score (nSPS) is 9.75. The lowest BCUT2D eigenvalue weighted by Gasteiger charge is -1.88. The van der Waals surface area contributed by atoms with Gasteiger partial charge in [0, 0.05) is 5.70 Å². The van der Waals surface area contributed by atoms with Crippen LogP contribution in [0.1, 0.15) is 13.3 Å². The third-order valence-electron chi connectivity index (χ3n) is 0.704. The smallest absolute Gasteiger partial charge is 0.200 e. The fraction of sp³-hybridized carbons (Fsp3) is 0.400. The van der Waals surface area contributed by atoms with Gasteiger partial charge in [0.2, 0.25) is 6.40 Å². The number of hydrogen-bond donors (Lipinski definition) is 1. The highest BCUT2D eigenvalue weighted by Crippen LogP contribution is 1.94. The zero-order valence-electron chi connectivity index (χ0n) is 4.92. The van der Waals surface area contributed by atoms with Crippen molar-refractivity contribution < 1.29 is 4.84 Å². The molecule has 0 aromatic rings. The Balaban J connectivity index is 3.37. The Morgan fingerprint density at radius 3 is 3.00 bits per heavy atom. The van der Waals surface area contributed by atoms with Crippen molar-refractivity contribution in [1.82, 2.24) is 0 Å². The van der Waals surface area contributed by atoms with E-state index in [1.54, 1.807) is 0 Å². The summed E-state index contributed by atoms with van der Waals surface area (Å²) in [4.78, 5) is 7.76. The zero-order chi connectivity index (χ0) is 6.41. The summed E-state index contributed by atoms with van der Waals surface area (Å²) in [6.07, 6.45) is 1.98. The Labute approximate surface area is 48.8 Å². The van der Waals surface area contributed by atoms with Crippen molar-refractivity contribution in [2.24, 2.45) is 10.9 Å². The van der Waals surface area contributed by atoms with Crippen LogP contribution in [-0.4, -0.2) is 6.40 Å². The largest absolute Gasteiger partial charge is 0.399 e. The molecule has 0 heterocycles. The molecule has 0 aromatic carbocycles. The summed E-state index contributed by atoms with van der Waals surface area (Å²) in [6, 6.07) is 0. The first-order valence-corrected chi connectivity index (χ1v) is 2.37. The number of aliphatic imine (C=N–C) groups is 1. The van der Waals surface area contributed by atoms with Crippen LogP contribution in [0.3, 0.4) is 0 Å². The lowest BCUT2D eigenvalue weighted by molar-refractivity contribution is 0.337. The molecule has 0 rings (SSSR count). The maximum atomic E-state index is 4.64. The molecule has 0 fully saturated rings. The van der Waals surface area contributed by atoms with E-state index < -0.39 is 0 Å². The molecule has 8 heavy (non-hydrogen) atoms. The summed E-state index contributed by atoms with van der Waals surface area (Å²) >= 11 is 0. The Hall–Kier alpha value is -0.830. The molecule has 0 unspecified atom stereocenters. The molecule has 0 atom stereocenters. The minimum Gasteiger partial charge on any atom is -0.399 e. The molecule has 3 nitrogen and oxygen atoms in total. The van der Waals surface area contributed by atoms with Gasteiger partial charge in [-0.1, -0.05) is 13.5 Å². The maximum Gasteiger partial charge on any atom is 0.200 e. The summed E-state index contributed by atoms with van der Waals surface area (Å²) < 4.78 is 0. The monoisotopic (exact) mass is 114 g/mol. The first-order chi connectivity index (χ1) is 3.81. The van der Waals surface area contributed by atoms with E-state index in [0.717, 1.165) is 18.5 Å². The van der Waals surface area contributed by atoms with Crippen molar-refractivity contribution in [3.05, 3.63) is 12.3 Å². The van der Waals surface area contributed by atoms with Crippen LogP contribution in [0.15, 0.2) is 17.3 Å². The average molecular weight is 114 g/mol. The van der Waals surface area contributed by atoms with Crippen molar-refractivity contribution in [1.29, 1.82) is 0 Å². The third-order valence-corrected chi connectivity index (χ3v) is 0.704. The van der Waals surface area contributed by atoms with E-state index in [-0.39, 0.29) is 0 Å². The highest BCUT2D eigenvalue weighted by molar-refractivity contribution is 5.47. The Morgan fingerprint density at radius 1 is 2.00 bits per heavy atom. The van der Waals surface area contributed by atoms with Crippen LogP contribution in [0.25, 0.3) is 0 Å². The molecule has 0 saturated heterocycles. The van der Waals surface area contributed by atoms with Crippen molar-refractivity contribution in [3.63, 3.8) is 0 Å². The molecule has 0 aliphatic heterocycles. The van der Waals surface area contributed by atoms with Gasteiger partial charge in [-0.2, -0.15) is 5.90 Å². The second kappa shape index (κ2) is 4.33. The van der Waals surface area contributed by atoms with Crippen LogP contribution in [0.5, 0.6) is 0 Å². The van der Waals surface area contributed by atoms with Gasteiger partial charge >= 0.3 is 0 Å². The molecule has 3 heteroatoms. The number of hydrogen-bond acceptors (Lipinski definition) is 3. The predicted octanol–water partition coefficient (Wildman–Crippen LogP) is 0.829. The molecular weight excluding hydrogens is 104 g/mol. The van der Waals surface area contributed by atoms with E-state index in [0.29, 0.717) is 0 Å². The minimum absolute atomic E-state index is 0.760. The molecule has 46 valence electrons. The van der Waals surface area contributed by atoms with Gasteiger partial charge in [0.05, 0.1) is 0 Å². The van der Waals surface area contributed by atoms with Crippen molar-refractivity contribution in [2.45, 2.75) is 13.3 Å². The molecule has 0 aromatic heterocycles. The van der Waals surface area contributed by atoms with E-state index in [4.69, 9.17) is 0 Å². The molecule has 0 amide bonds. The van der Waals surface area contributed by atoms with Gasteiger partial charge in [-0.05, 0) is 6.42 Å². The van der Waals surface area contributed by atoms with E-state index in [9.17, 15) is 0 Å². The molecule has 2 N–H and O–H groups in total. The summed E-state index contributed by atoms with van der Waals surface area (Å²) in [6.45, 7) is 5.53. The maximum absolute atomic E-state index is 4.64. The second-order valence-electron chi connectivity index (χ2n) is 1.29. The fourth-order valence-corrected chi connectivity index (χ4v) is 0.196. The van der Waals surface area contributed by atoms with Gasteiger partial charge < -0.3 is 4.84 Å². The molecule has 0 aliphatic rings. The first-order valence-electron chi connectivity index (χ1n) is 2.37. The minimum atomic E-state index is 0.760. The third kappa shape index (κ3) is 3.36. The molecule has 0 bridgehead atoms. The Kier molecular flexibility index (Phi) is 3.88. The number of allylic oxidation sites excluding steroid dienone is 1. The lowest BCUT2D eigenvalue weighted by Crippen LogP contribution is -1.94. The van der Waals surface area contributed by atoms with Gasteiger partial charge in [0.25, 0.3) is 0 Å². The van der Waals surface area contributed by atoms with Crippen LogP contribution < -0.4 is 5.90 Å². The van der Waals surface area contributed by atoms with Crippen molar-refractivity contribution >= 4 is 6.40 Å². The van der Waals surface area contributed by atoms with Gasteiger partial charge in [0.1, 0.15) is 0 Å². The van der Waals surface area contributed by atoms with Crippen molar-refractivity contribution in [3.8, 4) is 0 Å². The molecular formula is C5H10N2O. The second-order valence-corrected chi connectivity index (χ2v) is 1.29. The fourth-order valence-electron chi connectivity index (χ4n) is 0.196. The van der Waals surface area contributed by atoms with E-state index >= 15 is 0 Å². The van der Waals surface area contributed by atoms with Crippen LogP contribution >= 0.6 is 0 Å². The van der Waals surface area contributed by atoms with Crippen LogP contribution in [0.4, 0.5) is 0 Å². The number of nitrogens with zero attached hydrogens (tertiary/aromatic N) is 1. The highest BCUT2D eigenvalue weighted by Gasteiger charge is 1.78. The summed E-state index contributed by atoms with van der Waals surface area (Å²) in [5.74, 6) is 4.64. The van der Waals surface area contributed by atoms with Gasteiger partial charge in [-0.15, -0.1) is 0 Å².